The minimum absolute atomic E-state index is 0.0239. The Hall–Kier alpha value is -1.38. The fourth-order valence-corrected chi connectivity index (χ4v) is 2.11. The number of carbonyl (C=O) groups is 1. The average molecular weight is 207 g/mol. The number of halogens is 1. The molecular weight excluding hydrogens is 193 g/mol. The summed E-state index contributed by atoms with van der Waals surface area (Å²) in [5.74, 6) is 0.0609. The van der Waals surface area contributed by atoms with Crippen molar-refractivity contribution in [2.24, 2.45) is 5.92 Å². The maximum Gasteiger partial charge on any atom is 0.223 e. The van der Waals surface area contributed by atoms with E-state index >= 15 is 0 Å². The Labute approximate surface area is 88.5 Å². The maximum atomic E-state index is 12.7. The van der Waals surface area contributed by atoms with Crippen molar-refractivity contribution in [3.8, 4) is 0 Å². The lowest BCUT2D eigenvalue weighted by molar-refractivity contribution is -0.126. The Balaban J connectivity index is 2.22. The van der Waals surface area contributed by atoms with Crippen molar-refractivity contribution in [1.82, 2.24) is 5.32 Å². The fraction of sp³-hybridized carbons (Fsp3) is 0.417. The molecule has 0 aliphatic carbocycles. The summed E-state index contributed by atoms with van der Waals surface area (Å²) in [4.78, 5) is 11.5. The van der Waals surface area contributed by atoms with E-state index in [-0.39, 0.29) is 23.6 Å². The number of carbonyl (C=O) groups excluding carboxylic acids is 1. The van der Waals surface area contributed by atoms with Crippen LogP contribution in [0.3, 0.4) is 0 Å². The summed E-state index contributed by atoms with van der Waals surface area (Å²) in [6.45, 7) is 2.63. The van der Waals surface area contributed by atoms with Crippen molar-refractivity contribution in [3.63, 3.8) is 0 Å². The zero-order valence-corrected chi connectivity index (χ0v) is 8.66. The van der Waals surface area contributed by atoms with Gasteiger partial charge in [-0.25, -0.2) is 4.39 Å². The molecule has 2 rings (SSSR count). The minimum Gasteiger partial charge on any atom is -0.356 e. The molecule has 0 saturated carbocycles. The lowest BCUT2D eigenvalue weighted by Crippen LogP contribution is -2.39. The van der Waals surface area contributed by atoms with Crippen molar-refractivity contribution in [3.05, 3.63) is 35.6 Å². The number of rotatable bonds is 1. The third-order valence-electron chi connectivity index (χ3n) is 3.07. The molecule has 0 radical (unpaired) electrons. The van der Waals surface area contributed by atoms with Crippen molar-refractivity contribution < 1.29 is 9.18 Å². The molecule has 1 aromatic carbocycles. The number of hydrogen-bond donors (Lipinski definition) is 1. The van der Waals surface area contributed by atoms with Crippen molar-refractivity contribution >= 4 is 5.91 Å². The molecule has 0 spiro atoms. The summed E-state index contributed by atoms with van der Waals surface area (Å²) in [7, 11) is 0. The largest absolute Gasteiger partial charge is 0.356 e. The van der Waals surface area contributed by atoms with Gasteiger partial charge in [0.15, 0.2) is 0 Å². The third-order valence-corrected chi connectivity index (χ3v) is 3.07. The second-order valence-corrected chi connectivity index (χ2v) is 4.03. The average Bonchev–Trinajstić information content (AvgIpc) is 2.24. The van der Waals surface area contributed by atoms with Crippen LogP contribution in [0.25, 0.3) is 0 Å². The van der Waals surface area contributed by atoms with Crippen LogP contribution in [0, 0.1) is 11.7 Å². The molecule has 2 nitrogen and oxygen atoms in total. The zero-order valence-electron chi connectivity index (χ0n) is 8.66. The normalized spacial score (nSPS) is 26.1. The van der Waals surface area contributed by atoms with E-state index in [9.17, 15) is 9.18 Å². The second kappa shape index (κ2) is 4.01. The molecule has 80 valence electrons. The van der Waals surface area contributed by atoms with Crippen LogP contribution in [-0.2, 0) is 4.79 Å². The smallest absolute Gasteiger partial charge is 0.223 e. The van der Waals surface area contributed by atoms with Gasteiger partial charge in [-0.2, -0.15) is 0 Å². The van der Waals surface area contributed by atoms with E-state index in [1.54, 1.807) is 12.1 Å². The Morgan fingerprint density at radius 2 is 2.00 bits per heavy atom. The van der Waals surface area contributed by atoms with E-state index in [1.807, 2.05) is 6.92 Å². The highest BCUT2D eigenvalue weighted by atomic mass is 19.1. The number of hydrogen-bond acceptors (Lipinski definition) is 1. The van der Waals surface area contributed by atoms with Crippen LogP contribution in [0.1, 0.15) is 24.8 Å². The van der Waals surface area contributed by atoms with E-state index in [0.29, 0.717) is 6.54 Å². The van der Waals surface area contributed by atoms with E-state index < -0.39 is 0 Å². The highest BCUT2D eigenvalue weighted by Crippen LogP contribution is 2.30. The molecule has 1 aliphatic heterocycles. The summed E-state index contributed by atoms with van der Waals surface area (Å²) in [6.07, 6.45) is 0.929. The van der Waals surface area contributed by atoms with E-state index in [1.165, 1.54) is 12.1 Å². The van der Waals surface area contributed by atoms with Gasteiger partial charge in [-0.1, -0.05) is 19.1 Å². The van der Waals surface area contributed by atoms with Gasteiger partial charge in [-0.3, -0.25) is 4.79 Å². The highest BCUT2D eigenvalue weighted by molar-refractivity contribution is 5.80. The molecule has 2 atom stereocenters. The summed E-state index contributed by atoms with van der Waals surface area (Å²) in [5, 5.41) is 2.83. The van der Waals surface area contributed by atoms with Crippen LogP contribution < -0.4 is 5.32 Å². The van der Waals surface area contributed by atoms with Gasteiger partial charge in [0.05, 0.1) is 0 Å². The Kier molecular flexibility index (Phi) is 2.71. The van der Waals surface area contributed by atoms with Crippen LogP contribution in [0.15, 0.2) is 24.3 Å². The zero-order chi connectivity index (χ0) is 10.8. The second-order valence-electron chi connectivity index (χ2n) is 4.03. The van der Waals surface area contributed by atoms with Gasteiger partial charge >= 0.3 is 0 Å². The topological polar surface area (TPSA) is 29.1 Å². The summed E-state index contributed by atoms with van der Waals surface area (Å²) >= 11 is 0. The summed E-state index contributed by atoms with van der Waals surface area (Å²) < 4.78 is 12.7. The molecule has 0 aromatic heterocycles. The number of benzene rings is 1. The first-order valence-electron chi connectivity index (χ1n) is 5.21. The van der Waals surface area contributed by atoms with Crippen LogP contribution in [-0.4, -0.2) is 12.5 Å². The van der Waals surface area contributed by atoms with E-state index in [4.69, 9.17) is 0 Å². The summed E-state index contributed by atoms with van der Waals surface area (Å²) in [5.41, 5.74) is 1.05. The molecule has 15 heavy (non-hydrogen) atoms. The van der Waals surface area contributed by atoms with Gasteiger partial charge in [-0.15, -0.1) is 0 Å². The molecule has 1 aliphatic rings. The molecule has 1 fully saturated rings. The Morgan fingerprint density at radius 3 is 2.67 bits per heavy atom. The molecule has 1 heterocycles. The van der Waals surface area contributed by atoms with Gasteiger partial charge in [0.25, 0.3) is 0 Å². The van der Waals surface area contributed by atoms with Gasteiger partial charge < -0.3 is 5.32 Å². The molecule has 1 aromatic rings. The van der Waals surface area contributed by atoms with Crippen LogP contribution in [0.5, 0.6) is 0 Å². The van der Waals surface area contributed by atoms with Gasteiger partial charge in [0.1, 0.15) is 5.82 Å². The van der Waals surface area contributed by atoms with Gasteiger partial charge in [-0.05, 0) is 30.0 Å². The van der Waals surface area contributed by atoms with E-state index in [2.05, 4.69) is 5.32 Å². The maximum absolute atomic E-state index is 12.7. The van der Waals surface area contributed by atoms with Crippen LogP contribution >= 0.6 is 0 Å². The SMILES string of the molecule is CC1C(=O)NCCC1c1ccc(F)cc1. The monoisotopic (exact) mass is 207 g/mol. The van der Waals surface area contributed by atoms with Crippen molar-refractivity contribution in [1.29, 1.82) is 0 Å². The number of piperidine rings is 1. The first kappa shape index (κ1) is 10.1. The fourth-order valence-electron chi connectivity index (χ4n) is 2.11. The molecule has 1 amide bonds. The van der Waals surface area contributed by atoms with Gasteiger partial charge in [0.2, 0.25) is 5.91 Å². The molecule has 0 bridgehead atoms. The minimum atomic E-state index is -0.230. The number of nitrogens with one attached hydrogen (secondary N) is 1. The third kappa shape index (κ3) is 2.01. The quantitative estimate of drug-likeness (QED) is 0.750. The predicted octanol–water partition coefficient (Wildman–Crippen LogP) is 2.07. The molecule has 1 N–H and O–H groups in total. The highest BCUT2D eigenvalue weighted by Gasteiger charge is 2.28. The van der Waals surface area contributed by atoms with Crippen molar-refractivity contribution in [2.45, 2.75) is 19.3 Å². The Morgan fingerprint density at radius 1 is 1.33 bits per heavy atom. The van der Waals surface area contributed by atoms with Crippen molar-refractivity contribution in [2.75, 3.05) is 6.54 Å². The first-order chi connectivity index (χ1) is 7.18. The van der Waals surface area contributed by atoms with Crippen LogP contribution in [0.2, 0.25) is 0 Å². The lowest BCUT2D eigenvalue weighted by atomic mass is 9.82. The number of amides is 1. The van der Waals surface area contributed by atoms with Crippen LogP contribution in [0.4, 0.5) is 4.39 Å². The summed E-state index contributed by atoms with van der Waals surface area (Å²) in [6, 6.07) is 6.45. The van der Waals surface area contributed by atoms with Gasteiger partial charge in [0, 0.05) is 12.5 Å². The molecule has 1 saturated heterocycles. The molecule has 3 heteroatoms. The first-order valence-corrected chi connectivity index (χ1v) is 5.21. The predicted molar refractivity (Wildman–Crippen MR) is 55.9 cm³/mol. The standard InChI is InChI=1S/C12H14FNO/c1-8-11(6-7-14-12(8)15)9-2-4-10(13)5-3-9/h2-5,8,11H,6-7H2,1H3,(H,14,15). The molecular formula is C12H14FNO. The lowest BCUT2D eigenvalue weighted by Gasteiger charge is -2.28. The molecule has 2 unspecified atom stereocenters. The Bertz CT molecular complexity index is 360. The van der Waals surface area contributed by atoms with E-state index in [0.717, 1.165) is 12.0 Å².